The summed E-state index contributed by atoms with van der Waals surface area (Å²) in [6.07, 6.45) is 4.15. The predicted octanol–water partition coefficient (Wildman–Crippen LogP) is 4.08. The van der Waals surface area contributed by atoms with Gasteiger partial charge in [-0.25, -0.2) is 4.79 Å². The van der Waals surface area contributed by atoms with Gasteiger partial charge in [-0.2, -0.15) is 0 Å². The lowest BCUT2D eigenvalue weighted by molar-refractivity contribution is -0.0693. The van der Waals surface area contributed by atoms with Gasteiger partial charge in [0.1, 0.15) is 18.1 Å². The van der Waals surface area contributed by atoms with Crippen LogP contribution < -0.4 is 4.74 Å². The molecule has 2 aromatic carbocycles. The number of allylic oxidation sites excluding steroid dienone is 1. The lowest BCUT2D eigenvalue weighted by Crippen LogP contribution is -2.58. The molecule has 0 heterocycles. The van der Waals surface area contributed by atoms with Crippen molar-refractivity contribution >= 4 is 17.7 Å². The Morgan fingerprint density at radius 3 is 2.56 bits per heavy atom. The van der Waals surface area contributed by atoms with Gasteiger partial charge in [-0.15, -0.1) is 0 Å². The second kappa shape index (κ2) is 7.60. The minimum atomic E-state index is -0.998. The van der Waals surface area contributed by atoms with Crippen molar-refractivity contribution in [1.82, 2.24) is 0 Å². The molecule has 0 radical (unpaired) electrons. The molecule has 32 heavy (non-hydrogen) atoms. The molecule has 1 fully saturated rings. The number of phenolic OH excluding ortho intramolecular Hbond substituents is 1. The van der Waals surface area contributed by atoms with E-state index in [-0.39, 0.29) is 46.7 Å². The topological polar surface area (TPSA) is 99.1 Å². The van der Waals surface area contributed by atoms with Gasteiger partial charge in [0.2, 0.25) is 0 Å². The first kappa shape index (κ1) is 20.5. The molecule has 0 saturated heterocycles. The van der Waals surface area contributed by atoms with Crippen LogP contribution in [0.2, 0.25) is 0 Å². The standard InChI is InChI=1S/C25H22O7/c1-30-25-11-9-15(10-12-25)18-21(25)23(28)19-16(26)7-8-17(20(19)22(18)27)32-24(29)31-13-14-5-3-2-4-6-14/h2-9,11,15,18,21,26H,10,12-13H2,1H3/t15-,18-,21-,25+/m1/s1. The molecule has 0 spiro atoms. The highest BCUT2D eigenvalue weighted by atomic mass is 16.7. The maximum absolute atomic E-state index is 13.6. The number of carbonyl (C=O) groups excluding carboxylic acids is 3. The fourth-order valence-corrected chi connectivity index (χ4v) is 5.31. The van der Waals surface area contributed by atoms with Gasteiger partial charge in [-0.05, 0) is 36.5 Å². The van der Waals surface area contributed by atoms with Crippen molar-refractivity contribution in [2.24, 2.45) is 17.8 Å². The number of carbonyl (C=O) groups is 3. The second-order valence-electron chi connectivity index (χ2n) is 8.41. The highest BCUT2D eigenvalue weighted by Gasteiger charge is 2.60. The summed E-state index contributed by atoms with van der Waals surface area (Å²) in [6.45, 7) is 0.000745. The van der Waals surface area contributed by atoms with E-state index in [1.807, 2.05) is 30.4 Å². The zero-order valence-electron chi connectivity index (χ0n) is 17.4. The monoisotopic (exact) mass is 434 g/mol. The third kappa shape index (κ3) is 3.04. The van der Waals surface area contributed by atoms with E-state index in [1.54, 1.807) is 12.1 Å². The summed E-state index contributed by atoms with van der Waals surface area (Å²) >= 11 is 0. The van der Waals surface area contributed by atoms with E-state index in [0.717, 1.165) is 5.56 Å². The number of ketones is 2. The molecule has 0 amide bonds. The molecule has 4 aliphatic carbocycles. The first-order valence-electron chi connectivity index (χ1n) is 10.5. The van der Waals surface area contributed by atoms with Gasteiger partial charge in [0, 0.05) is 13.0 Å². The molecule has 2 aromatic rings. The van der Waals surface area contributed by atoms with Gasteiger partial charge in [-0.3, -0.25) is 9.59 Å². The number of hydrogen-bond donors (Lipinski definition) is 1. The Balaban J connectivity index is 1.48. The molecule has 0 aliphatic heterocycles. The van der Waals surface area contributed by atoms with Gasteiger partial charge in [0.05, 0.1) is 22.6 Å². The maximum Gasteiger partial charge on any atom is 0.514 e. The van der Waals surface area contributed by atoms with Crippen molar-refractivity contribution in [3.05, 3.63) is 71.3 Å². The first-order valence-corrected chi connectivity index (χ1v) is 10.5. The van der Waals surface area contributed by atoms with Crippen LogP contribution in [0.25, 0.3) is 0 Å². The number of hydrogen-bond acceptors (Lipinski definition) is 7. The summed E-state index contributed by atoms with van der Waals surface area (Å²) < 4.78 is 16.2. The minimum Gasteiger partial charge on any atom is -0.507 e. The Kier molecular flexibility index (Phi) is 4.86. The highest BCUT2D eigenvalue weighted by molar-refractivity contribution is 6.19. The summed E-state index contributed by atoms with van der Waals surface area (Å²) in [6, 6.07) is 11.7. The number of aromatic hydroxyl groups is 1. The zero-order chi connectivity index (χ0) is 22.5. The van der Waals surface area contributed by atoms with E-state index in [9.17, 15) is 19.5 Å². The lowest BCUT2D eigenvalue weighted by atomic mass is 9.53. The molecule has 4 aliphatic rings. The average molecular weight is 434 g/mol. The van der Waals surface area contributed by atoms with E-state index in [2.05, 4.69) is 0 Å². The second-order valence-corrected chi connectivity index (χ2v) is 8.41. The number of phenols is 1. The van der Waals surface area contributed by atoms with Crippen molar-refractivity contribution < 1.29 is 33.7 Å². The Morgan fingerprint density at radius 1 is 1.09 bits per heavy atom. The number of fused-ring (bicyclic) bond motifs is 2. The molecule has 1 N–H and O–H groups in total. The van der Waals surface area contributed by atoms with Crippen molar-refractivity contribution in [1.29, 1.82) is 0 Å². The Hall–Kier alpha value is -3.45. The molecule has 7 heteroatoms. The van der Waals surface area contributed by atoms with E-state index < -0.39 is 23.6 Å². The summed E-state index contributed by atoms with van der Waals surface area (Å²) in [5.41, 5.74) is -0.287. The quantitative estimate of drug-likeness (QED) is 0.440. The highest BCUT2D eigenvalue weighted by Crippen LogP contribution is 2.55. The third-order valence-electron chi connectivity index (χ3n) is 6.84. The summed E-state index contributed by atoms with van der Waals surface area (Å²) in [5.74, 6) is -2.58. The minimum absolute atomic E-state index is 0.000745. The fraction of sp³-hybridized carbons (Fsp3) is 0.320. The van der Waals surface area contributed by atoms with Gasteiger partial charge in [0.15, 0.2) is 11.6 Å². The SMILES string of the molecule is CO[C@@]12C=C[C@H](CC1)[C@H]1C(=O)c3c(OC(=O)OCc4ccccc4)ccc(O)c3C(=O)[C@@H]12. The van der Waals surface area contributed by atoms with Crippen LogP contribution in [0.4, 0.5) is 4.79 Å². The molecule has 0 unspecified atom stereocenters. The number of Topliss-reactive ketones (excluding diaryl/α,β-unsaturated/α-hetero) is 2. The Bertz CT molecular complexity index is 1140. The average Bonchev–Trinajstić information content (AvgIpc) is 2.83. The van der Waals surface area contributed by atoms with E-state index in [1.165, 1.54) is 19.2 Å². The van der Waals surface area contributed by atoms with Gasteiger partial charge >= 0.3 is 6.16 Å². The number of ether oxygens (including phenoxy) is 3. The van der Waals surface area contributed by atoms with Crippen LogP contribution >= 0.6 is 0 Å². The Labute approximate surface area is 184 Å². The summed E-state index contributed by atoms with van der Waals surface area (Å²) in [5, 5.41) is 10.5. The molecule has 6 rings (SSSR count). The van der Waals surface area contributed by atoms with Crippen molar-refractivity contribution in [3.8, 4) is 11.5 Å². The zero-order valence-corrected chi connectivity index (χ0v) is 17.4. The summed E-state index contributed by atoms with van der Waals surface area (Å²) in [4.78, 5) is 39.4. The number of methoxy groups -OCH3 is 1. The van der Waals surface area contributed by atoms with Crippen LogP contribution in [-0.2, 0) is 16.1 Å². The molecule has 4 atom stereocenters. The molecule has 0 aromatic heterocycles. The van der Waals surface area contributed by atoms with Gasteiger partial charge in [-0.1, -0.05) is 42.5 Å². The molecule has 164 valence electrons. The maximum atomic E-state index is 13.6. The largest absolute Gasteiger partial charge is 0.514 e. The number of rotatable bonds is 4. The van der Waals surface area contributed by atoms with Crippen LogP contribution in [0, 0.1) is 17.8 Å². The van der Waals surface area contributed by atoms with Crippen molar-refractivity contribution in [2.45, 2.75) is 25.0 Å². The normalized spacial score (nSPS) is 27.6. The van der Waals surface area contributed by atoms with E-state index in [4.69, 9.17) is 14.2 Å². The third-order valence-corrected chi connectivity index (χ3v) is 6.84. The summed E-state index contributed by atoms with van der Waals surface area (Å²) in [7, 11) is 1.53. The first-order chi connectivity index (χ1) is 15.4. The van der Waals surface area contributed by atoms with Crippen LogP contribution in [0.15, 0.2) is 54.6 Å². The molecule has 7 nitrogen and oxygen atoms in total. The van der Waals surface area contributed by atoms with Crippen LogP contribution in [0.1, 0.15) is 39.1 Å². The van der Waals surface area contributed by atoms with Gasteiger partial charge < -0.3 is 19.3 Å². The molecule has 2 bridgehead atoms. The fourth-order valence-electron chi connectivity index (χ4n) is 5.31. The van der Waals surface area contributed by atoms with Crippen LogP contribution in [0.5, 0.6) is 11.5 Å². The smallest absolute Gasteiger partial charge is 0.507 e. The van der Waals surface area contributed by atoms with E-state index >= 15 is 0 Å². The van der Waals surface area contributed by atoms with E-state index in [0.29, 0.717) is 12.8 Å². The van der Waals surface area contributed by atoms with Crippen LogP contribution in [-0.4, -0.2) is 35.5 Å². The number of benzene rings is 2. The van der Waals surface area contributed by atoms with Crippen molar-refractivity contribution in [3.63, 3.8) is 0 Å². The van der Waals surface area contributed by atoms with Crippen molar-refractivity contribution in [2.75, 3.05) is 7.11 Å². The van der Waals surface area contributed by atoms with Crippen LogP contribution in [0.3, 0.4) is 0 Å². The lowest BCUT2D eigenvalue weighted by Gasteiger charge is -2.52. The Morgan fingerprint density at radius 2 is 1.88 bits per heavy atom. The molecular formula is C25H22O7. The molecular weight excluding hydrogens is 412 g/mol. The molecule has 1 saturated carbocycles. The van der Waals surface area contributed by atoms with Gasteiger partial charge in [0.25, 0.3) is 0 Å². The predicted molar refractivity (Wildman–Crippen MR) is 113 cm³/mol.